The summed E-state index contributed by atoms with van der Waals surface area (Å²) in [6, 6.07) is 8.87. The fourth-order valence-corrected chi connectivity index (χ4v) is 2.40. The van der Waals surface area contributed by atoms with Crippen LogP contribution in [0.2, 0.25) is 0 Å². The molecule has 19 heavy (non-hydrogen) atoms. The zero-order chi connectivity index (χ0) is 13.8. The lowest BCUT2D eigenvalue weighted by molar-refractivity contribution is 0.586. The van der Waals surface area contributed by atoms with Crippen LogP contribution in [-0.2, 0) is 13.5 Å². The van der Waals surface area contributed by atoms with Gasteiger partial charge in [-0.1, -0.05) is 12.1 Å². The molecule has 0 aliphatic carbocycles. The lowest BCUT2D eigenvalue weighted by atomic mass is 9.94. The van der Waals surface area contributed by atoms with Crippen LogP contribution in [0.4, 0.5) is 4.39 Å². The highest BCUT2D eigenvalue weighted by Crippen LogP contribution is 2.21. The van der Waals surface area contributed by atoms with E-state index >= 15 is 0 Å². The minimum absolute atomic E-state index is 0.191. The SMILES string of the molecule is CNCC(Cc1cc(C)nn1C)c1ccc(F)cc1. The van der Waals surface area contributed by atoms with Crippen molar-refractivity contribution in [3.8, 4) is 0 Å². The summed E-state index contributed by atoms with van der Waals surface area (Å²) in [7, 11) is 3.90. The van der Waals surface area contributed by atoms with Gasteiger partial charge in [0.05, 0.1) is 5.69 Å². The second-order valence-corrected chi connectivity index (χ2v) is 4.91. The predicted octanol–water partition coefficient (Wildman–Crippen LogP) is 2.41. The summed E-state index contributed by atoms with van der Waals surface area (Å²) in [4.78, 5) is 0. The Morgan fingerprint density at radius 3 is 2.53 bits per heavy atom. The van der Waals surface area contributed by atoms with E-state index in [0.29, 0.717) is 5.92 Å². The Morgan fingerprint density at radius 2 is 2.00 bits per heavy atom. The van der Waals surface area contributed by atoms with Crippen LogP contribution in [0.3, 0.4) is 0 Å². The van der Waals surface area contributed by atoms with Crippen LogP contribution in [0.5, 0.6) is 0 Å². The summed E-state index contributed by atoms with van der Waals surface area (Å²) in [6.45, 7) is 2.85. The van der Waals surface area contributed by atoms with Crippen LogP contribution in [-0.4, -0.2) is 23.4 Å². The fourth-order valence-electron chi connectivity index (χ4n) is 2.40. The molecule has 0 aliphatic rings. The van der Waals surface area contributed by atoms with Crippen LogP contribution in [0.25, 0.3) is 0 Å². The number of halogens is 1. The molecule has 1 unspecified atom stereocenters. The minimum atomic E-state index is -0.191. The molecule has 2 rings (SSSR count). The molecule has 2 aromatic rings. The van der Waals surface area contributed by atoms with Crippen LogP contribution in [0.1, 0.15) is 22.9 Å². The minimum Gasteiger partial charge on any atom is -0.319 e. The molecule has 1 aromatic heterocycles. The van der Waals surface area contributed by atoms with Gasteiger partial charge in [-0.2, -0.15) is 5.10 Å². The molecule has 1 atom stereocenters. The van der Waals surface area contributed by atoms with Gasteiger partial charge in [0.25, 0.3) is 0 Å². The lowest BCUT2D eigenvalue weighted by Gasteiger charge is -2.17. The third-order valence-corrected chi connectivity index (χ3v) is 3.35. The summed E-state index contributed by atoms with van der Waals surface area (Å²) in [5, 5.41) is 7.57. The smallest absolute Gasteiger partial charge is 0.123 e. The highest BCUT2D eigenvalue weighted by atomic mass is 19.1. The first-order valence-corrected chi connectivity index (χ1v) is 6.49. The average molecular weight is 261 g/mol. The third-order valence-electron chi connectivity index (χ3n) is 3.35. The molecule has 0 fully saturated rings. The quantitative estimate of drug-likeness (QED) is 0.895. The molecule has 0 saturated heterocycles. The van der Waals surface area contributed by atoms with Crippen molar-refractivity contribution in [1.82, 2.24) is 15.1 Å². The summed E-state index contributed by atoms with van der Waals surface area (Å²) in [5.74, 6) is 0.128. The molecule has 0 radical (unpaired) electrons. The summed E-state index contributed by atoms with van der Waals surface area (Å²) >= 11 is 0. The number of nitrogens with zero attached hydrogens (tertiary/aromatic N) is 2. The predicted molar refractivity (Wildman–Crippen MR) is 74.7 cm³/mol. The molecule has 4 heteroatoms. The number of nitrogens with one attached hydrogen (secondary N) is 1. The lowest BCUT2D eigenvalue weighted by Crippen LogP contribution is -2.20. The molecule has 0 amide bonds. The van der Waals surface area contributed by atoms with Gasteiger partial charge in [-0.05, 0) is 44.2 Å². The number of hydrogen-bond donors (Lipinski definition) is 1. The van der Waals surface area contributed by atoms with Gasteiger partial charge in [0, 0.05) is 25.2 Å². The summed E-state index contributed by atoms with van der Waals surface area (Å²) in [6.07, 6.45) is 0.893. The van der Waals surface area contributed by atoms with Crippen molar-refractivity contribution < 1.29 is 4.39 Å². The van der Waals surface area contributed by atoms with E-state index in [1.807, 2.05) is 37.8 Å². The maximum atomic E-state index is 13.0. The first-order valence-electron chi connectivity index (χ1n) is 6.49. The zero-order valence-electron chi connectivity index (χ0n) is 11.7. The van der Waals surface area contributed by atoms with Crippen LogP contribution < -0.4 is 5.32 Å². The van der Waals surface area contributed by atoms with Gasteiger partial charge in [0.1, 0.15) is 5.82 Å². The Balaban J connectivity index is 2.20. The molecule has 0 bridgehead atoms. The normalized spacial score (nSPS) is 12.6. The van der Waals surface area contributed by atoms with Gasteiger partial charge in [-0.25, -0.2) is 4.39 Å². The van der Waals surface area contributed by atoms with Gasteiger partial charge < -0.3 is 5.32 Å². The molecule has 3 nitrogen and oxygen atoms in total. The Morgan fingerprint density at radius 1 is 1.32 bits per heavy atom. The molecular weight excluding hydrogens is 241 g/mol. The summed E-state index contributed by atoms with van der Waals surface area (Å²) < 4.78 is 14.9. The first kappa shape index (κ1) is 13.7. The van der Waals surface area contributed by atoms with Crippen molar-refractivity contribution in [2.45, 2.75) is 19.3 Å². The van der Waals surface area contributed by atoms with E-state index in [1.165, 1.54) is 17.8 Å². The highest BCUT2D eigenvalue weighted by Gasteiger charge is 2.14. The molecular formula is C15H20FN3. The maximum Gasteiger partial charge on any atom is 0.123 e. The number of likely N-dealkylation sites (N-methyl/N-ethyl adjacent to an activating group) is 1. The third kappa shape index (κ3) is 3.41. The number of benzene rings is 1. The largest absolute Gasteiger partial charge is 0.319 e. The van der Waals surface area contributed by atoms with E-state index in [4.69, 9.17) is 0 Å². The highest BCUT2D eigenvalue weighted by molar-refractivity contribution is 5.23. The van der Waals surface area contributed by atoms with Crippen LogP contribution in [0.15, 0.2) is 30.3 Å². The number of hydrogen-bond acceptors (Lipinski definition) is 2. The van der Waals surface area contributed by atoms with E-state index < -0.39 is 0 Å². The number of aryl methyl sites for hydroxylation is 2. The zero-order valence-corrected chi connectivity index (χ0v) is 11.7. The standard InChI is InChI=1S/C15H20FN3/c1-11-8-15(19(3)18-11)9-13(10-17-2)12-4-6-14(16)7-5-12/h4-8,13,17H,9-10H2,1-3H3. The Bertz CT molecular complexity index is 531. The van der Waals surface area contributed by atoms with Crippen molar-refractivity contribution in [3.63, 3.8) is 0 Å². The number of rotatable bonds is 5. The Labute approximate surface area is 113 Å². The monoisotopic (exact) mass is 261 g/mol. The van der Waals surface area contributed by atoms with Gasteiger partial charge in [-0.15, -0.1) is 0 Å². The van der Waals surface area contributed by atoms with Crippen molar-refractivity contribution in [3.05, 3.63) is 53.1 Å². The molecule has 0 aliphatic heterocycles. The van der Waals surface area contributed by atoms with Crippen molar-refractivity contribution in [2.75, 3.05) is 13.6 Å². The Hall–Kier alpha value is -1.68. The molecule has 1 aromatic carbocycles. The van der Waals surface area contributed by atoms with Gasteiger partial charge >= 0.3 is 0 Å². The van der Waals surface area contributed by atoms with E-state index in [9.17, 15) is 4.39 Å². The van der Waals surface area contributed by atoms with Crippen molar-refractivity contribution in [2.24, 2.45) is 7.05 Å². The average Bonchev–Trinajstić information content (AvgIpc) is 2.68. The number of aromatic nitrogens is 2. The maximum absolute atomic E-state index is 13.0. The van der Waals surface area contributed by atoms with Gasteiger partial charge in [0.15, 0.2) is 0 Å². The molecule has 0 saturated carbocycles. The van der Waals surface area contributed by atoms with E-state index in [0.717, 1.165) is 24.2 Å². The van der Waals surface area contributed by atoms with E-state index in [1.54, 1.807) is 0 Å². The molecule has 102 valence electrons. The Kier molecular flexibility index (Phi) is 4.32. The molecule has 1 N–H and O–H groups in total. The van der Waals surface area contributed by atoms with Gasteiger partial charge in [-0.3, -0.25) is 4.68 Å². The van der Waals surface area contributed by atoms with E-state index in [-0.39, 0.29) is 5.82 Å². The van der Waals surface area contributed by atoms with Crippen LogP contribution in [0, 0.1) is 12.7 Å². The summed E-state index contributed by atoms with van der Waals surface area (Å²) in [5.41, 5.74) is 3.37. The van der Waals surface area contributed by atoms with E-state index in [2.05, 4.69) is 16.5 Å². The molecule has 0 spiro atoms. The topological polar surface area (TPSA) is 29.9 Å². The van der Waals surface area contributed by atoms with Crippen LogP contribution >= 0.6 is 0 Å². The van der Waals surface area contributed by atoms with Gasteiger partial charge in [0.2, 0.25) is 0 Å². The fraction of sp³-hybridized carbons (Fsp3) is 0.400. The molecule has 1 heterocycles. The first-order chi connectivity index (χ1) is 9.10. The van der Waals surface area contributed by atoms with Crippen molar-refractivity contribution in [1.29, 1.82) is 0 Å². The van der Waals surface area contributed by atoms with Crippen molar-refractivity contribution >= 4 is 0 Å². The second-order valence-electron chi connectivity index (χ2n) is 4.91. The second kappa shape index (κ2) is 5.97.